The molecule has 19 heavy (non-hydrogen) atoms. The summed E-state index contributed by atoms with van der Waals surface area (Å²) in [7, 11) is 0. The molecule has 3 nitrogen and oxygen atoms in total. The predicted molar refractivity (Wildman–Crippen MR) is 71.9 cm³/mol. The fourth-order valence-electron chi connectivity index (χ4n) is 3.07. The molecule has 102 valence electrons. The zero-order valence-electron chi connectivity index (χ0n) is 11.1. The van der Waals surface area contributed by atoms with E-state index in [1.165, 1.54) is 6.42 Å². The van der Waals surface area contributed by atoms with Crippen molar-refractivity contribution in [3.63, 3.8) is 0 Å². The third-order valence-electron chi connectivity index (χ3n) is 4.05. The molecule has 3 rings (SSSR count). The highest BCUT2D eigenvalue weighted by Gasteiger charge is 2.28. The number of hydrogen-bond acceptors (Lipinski definition) is 3. The number of Topliss-reactive ketones (excluding diaryl/α,β-unsaturated/α-hetero) is 1. The first-order valence-electron chi connectivity index (χ1n) is 7.21. The van der Waals surface area contributed by atoms with Crippen LogP contribution < -0.4 is 0 Å². The van der Waals surface area contributed by atoms with Crippen LogP contribution in [0.1, 0.15) is 55.4 Å². The van der Waals surface area contributed by atoms with Crippen LogP contribution in [0.25, 0.3) is 0 Å². The van der Waals surface area contributed by atoms with Gasteiger partial charge in [0.2, 0.25) is 0 Å². The molecule has 1 unspecified atom stereocenters. The van der Waals surface area contributed by atoms with Crippen molar-refractivity contribution in [3.8, 4) is 0 Å². The molecule has 3 heteroatoms. The largest absolute Gasteiger partial charge is 0.346 e. The average molecular weight is 260 g/mol. The molecule has 1 atom stereocenters. The molecule has 0 aromatic heterocycles. The summed E-state index contributed by atoms with van der Waals surface area (Å²) in [6.07, 6.45) is 4.73. The van der Waals surface area contributed by atoms with Crippen LogP contribution in [0.2, 0.25) is 0 Å². The molecule has 0 N–H and O–H groups in total. The molecule has 0 spiro atoms. The van der Waals surface area contributed by atoms with Gasteiger partial charge in [0, 0.05) is 17.9 Å². The average Bonchev–Trinajstić information content (AvgIpc) is 2.89. The summed E-state index contributed by atoms with van der Waals surface area (Å²) in [5.74, 6) is 0.412. The fourth-order valence-corrected chi connectivity index (χ4v) is 3.07. The molecule has 0 amide bonds. The maximum absolute atomic E-state index is 12.3. The lowest BCUT2D eigenvalue weighted by Gasteiger charge is -2.20. The first-order chi connectivity index (χ1) is 9.36. The Morgan fingerprint density at radius 2 is 1.68 bits per heavy atom. The third kappa shape index (κ3) is 2.72. The molecule has 2 aliphatic rings. The standard InChI is InChI=1S/C16H20O3/c17-15-9-3-1-2-7-13(15)12-6-4-5-8-14(12)16-18-10-11-19-16/h4-6,8,13,16H,1-3,7,9-11H2. The summed E-state index contributed by atoms with van der Waals surface area (Å²) >= 11 is 0. The van der Waals surface area contributed by atoms with Crippen molar-refractivity contribution in [2.45, 2.75) is 44.3 Å². The molecule has 1 aromatic rings. The second-order valence-corrected chi connectivity index (χ2v) is 5.32. The molecular formula is C16H20O3. The van der Waals surface area contributed by atoms with Crippen LogP contribution in [0.15, 0.2) is 24.3 Å². The highest BCUT2D eigenvalue weighted by molar-refractivity contribution is 5.86. The lowest BCUT2D eigenvalue weighted by molar-refractivity contribution is -0.120. The lowest BCUT2D eigenvalue weighted by Crippen LogP contribution is -2.14. The Labute approximate surface area is 113 Å². The quantitative estimate of drug-likeness (QED) is 0.765. The minimum absolute atomic E-state index is 0.0338. The maximum atomic E-state index is 12.3. The smallest absolute Gasteiger partial charge is 0.184 e. The van der Waals surface area contributed by atoms with Crippen LogP contribution in [-0.2, 0) is 14.3 Å². The fraction of sp³-hybridized carbons (Fsp3) is 0.562. The van der Waals surface area contributed by atoms with Crippen LogP contribution in [0.4, 0.5) is 0 Å². The zero-order valence-corrected chi connectivity index (χ0v) is 11.1. The monoisotopic (exact) mass is 260 g/mol. The Morgan fingerprint density at radius 1 is 0.947 bits per heavy atom. The molecule has 0 radical (unpaired) electrons. The van der Waals surface area contributed by atoms with Gasteiger partial charge in [0.15, 0.2) is 6.29 Å². The zero-order chi connectivity index (χ0) is 13.1. The van der Waals surface area contributed by atoms with E-state index in [9.17, 15) is 4.79 Å². The Morgan fingerprint density at radius 3 is 2.47 bits per heavy atom. The summed E-state index contributed by atoms with van der Waals surface area (Å²) in [4.78, 5) is 12.3. The number of ether oxygens (including phenoxy) is 2. The second-order valence-electron chi connectivity index (χ2n) is 5.32. The number of hydrogen-bond donors (Lipinski definition) is 0. The van der Waals surface area contributed by atoms with Gasteiger partial charge < -0.3 is 9.47 Å². The number of carbonyl (C=O) groups is 1. The molecule has 1 saturated heterocycles. The molecule has 1 heterocycles. The second kappa shape index (κ2) is 5.85. The van der Waals surface area contributed by atoms with Crippen LogP contribution in [0, 0.1) is 0 Å². The van der Waals surface area contributed by atoms with E-state index >= 15 is 0 Å². The maximum Gasteiger partial charge on any atom is 0.184 e. The van der Waals surface area contributed by atoms with Crippen LogP contribution in [-0.4, -0.2) is 19.0 Å². The van der Waals surface area contributed by atoms with Crippen molar-refractivity contribution in [3.05, 3.63) is 35.4 Å². The number of benzene rings is 1. The first kappa shape index (κ1) is 12.8. The van der Waals surface area contributed by atoms with Gasteiger partial charge in [0.1, 0.15) is 5.78 Å². The Balaban J connectivity index is 1.92. The van der Waals surface area contributed by atoms with E-state index in [-0.39, 0.29) is 12.2 Å². The van der Waals surface area contributed by atoms with Gasteiger partial charge in [-0.2, -0.15) is 0 Å². The Bertz CT molecular complexity index is 449. The van der Waals surface area contributed by atoms with Crippen molar-refractivity contribution in [2.75, 3.05) is 13.2 Å². The van der Waals surface area contributed by atoms with E-state index < -0.39 is 0 Å². The summed E-state index contributed by atoms with van der Waals surface area (Å²) in [6.45, 7) is 1.27. The summed E-state index contributed by atoms with van der Waals surface area (Å²) in [5.41, 5.74) is 2.15. The number of ketones is 1. The highest BCUT2D eigenvalue weighted by Crippen LogP contribution is 2.35. The molecule has 2 fully saturated rings. The van der Waals surface area contributed by atoms with E-state index in [1.807, 2.05) is 18.2 Å². The molecular weight excluding hydrogens is 240 g/mol. The van der Waals surface area contributed by atoms with Gasteiger partial charge in [0.25, 0.3) is 0 Å². The third-order valence-corrected chi connectivity index (χ3v) is 4.05. The minimum atomic E-state index is -0.285. The van der Waals surface area contributed by atoms with Crippen LogP contribution >= 0.6 is 0 Å². The molecule has 1 aliphatic carbocycles. The predicted octanol–water partition coefficient (Wildman–Crippen LogP) is 3.35. The van der Waals surface area contributed by atoms with Crippen LogP contribution in [0.5, 0.6) is 0 Å². The topological polar surface area (TPSA) is 35.5 Å². The SMILES string of the molecule is O=C1CCCCCC1c1ccccc1C1OCCO1. The van der Waals surface area contributed by atoms with Crippen molar-refractivity contribution < 1.29 is 14.3 Å². The first-order valence-corrected chi connectivity index (χ1v) is 7.21. The van der Waals surface area contributed by atoms with Gasteiger partial charge in [-0.1, -0.05) is 37.1 Å². The van der Waals surface area contributed by atoms with Crippen molar-refractivity contribution in [2.24, 2.45) is 0 Å². The van der Waals surface area contributed by atoms with Gasteiger partial charge in [-0.25, -0.2) is 0 Å². The van der Waals surface area contributed by atoms with E-state index in [2.05, 4.69) is 6.07 Å². The van der Waals surface area contributed by atoms with Gasteiger partial charge >= 0.3 is 0 Å². The lowest BCUT2D eigenvalue weighted by atomic mass is 9.87. The highest BCUT2D eigenvalue weighted by atomic mass is 16.7. The van der Waals surface area contributed by atoms with Gasteiger partial charge in [-0.05, 0) is 18.4 Å². The van der Waals surface area contributed by atoms with Gasteiger partial charge in [0.05, 0.1) is 13.2 Å². The van der Waals surface area contributed by atoms with Gasteiger partial charge in [-0.3, -0.25) is 4.79 Å². The Hall–Kier alpha value is -1.19. The van der Waals surface area contributed by atoms with E-state index in [4.69, 9.17) is 9.47 Å². The van der Waals surface area contributed by atoms with Gasteiger partial charge in [-0.15, -0.1) is 0 Å². The summed E-state index contributed by atoms with van der Waals surface area (Å²) in [5, 5.41) is 0. The van der Waals surface area contributed by atoms with Crippen molar-refractivity contribution in [1.82, 2.24) is 0 Å². The van der Waals surface area contributed by atoms with E-state index in [0.29, 0.717) is 25.4 Å². The molecule has 1 aliphatic heterocycles. The molecule has 1 saturated carbocycles. The van der Waals surface area contributed by atoms with Crippen molar-refractivity contribution >= 4 is 5.78 Å². The Kier molecular flexibility index (Phi) is 3.95. The molecule has 0 bridgehead atoms. The summed E-state index contributed by atoms with van der Waals surface area (Å²) in [6, 6.07) is 8.09. The van der Waals surface area contributed by atoms with Crippen LogP contribution in [0.3, 0.4) is 0 Å². The van der Waals surface area contributed by atoms with E-state index in [1.54, 1.807) is 0 Å². The number of rotatable bonds is 2. The normalized spacial score (nSPS) is 25.5. The van der Waals surface area contributed by atoms with E-state index in [0.717, 1.165) is 30.4 Å². The van der Waals surface area contributed by atoms with Crippen molar-refractivity contribution in [1.29, 1.82) is 0 Å². The summed E-state index contributed by atoms with van der Waals surface area (Å²) < 4.78 is 11.2. The molecule has 1 aromatic carbocycles. The minimum Gasteiger partial charge on any atom is -0.346 e. The number of carbonyl (C=O) groups excluding carboxylic acids is 1.